The van der Waals surface area contributed by atoms with E-state index in [0.717, 1.165) is 22.0 Å². The second-order valence-corrected chi connectivity index (χ2v) is 7.15. The molecule has 0 spiro atoms. The van der Waals surface area contributed by atoms with E-state index in [1.807, 2.05) is 36.4 Å². The van der Waals surface area contributed by atoms with Crippen LogP contribution in [-0.4, -0.2) is 17.7 Å². The van der Waals surface area contributed by atoms with Crippen molar-refractivity contribution in [2.45, 2.75) is 6.54 Å². The summed E-state index contributed by atoms with van der Waals surface area (Å²) in [6.07, 6.45) is 1.37. The molecule has 0 saturated carbocycles. The van der Waals surface area contributed by atoms with Crippen LogP contribution in [0.4, 0.5) is 5.69 Å². The van der Waals surface area contributed by atoms with Crippen LogP contribution in [-0.2, 0) is 6.54 Å². The number of hydrazine groups is 1. The van der Waals surface area contributed by atoms with Gasteiger partial charge in [0.05, 0.1) is 18.5 Å². The van der Waals surface area contributed by atoms with Gasteiger partial charge >= 0.3 is 5.91 Å². The molecule has 2 N–H and O–H groups in total. The molecule has 3 aromatic carbocycles. The Morgan fingerprint density at radius 1 is 0.839 bits per heavy atom. The molecule has 0 atom stereocenters. The van der Waals surface area contributed by atoms with Crippen LogP contribution in [0, 0.1) is 0 Å². The summed E-state index contributed by atoms with van der Waals surface area (Å²) in [7, 11) is 0. The van der Waals surface area contributed by atoms with Gasteiger partial charge in [0.25, 0.3) is 11.8 Å². The van der Waals surface area contributed by atoms with Crippen LogP contribution < -0.4 is 15.8 Å². The van der Waals surface area contributed by atoms with E-state index in [-0.39, 0.29) is 11.7 Å². The molecular weight excluding hydrogens is 394 g/mol. The summed E-state index contributed by atoms with van der Waals surface area (Å²) in [5, 5.41) is 2.01. The fourth-order valence-corrected chi connectivity index (χ4v) is 3.74. The van der Waals surface area contributed by atoms with Crippen LogP contribution in [0.15, 0.2) is 83.5 Å². The second-order valence-electron chi connectivity index (χ2n) is 7.15. The summed E-state index contributed by atoms with van der Waals surface area (Å²) in [6, 6.07) is 21.6. The van der Waals surface area contributed by atoms with Crippen molar-refractivity contribution in [1.82, 2.24) is 10.9 Å². The Balaban J connectivity index is 1.28. The van der Waals surface area contributed by atoms with Crippen molar-refractivity contribution in [3.05, 3.63) is 102 Å². The smallest absolute Gasteiger partial charge is 0.305 e. The van der Waals surface area contributed by atoms with E-state index in [2.05, 4.69) is 10.9 Å². The predicted octanol–water partition coefficient (Wildman–Crippen LogP) is 3.67. The number of rotatable bonds is 4. The highest BCUT2D eigenvalue weighted by molar-refractivity contribution is 6.24. The molecule has 152 valence electrons. The van der Waals surface area contributed by atoms with E-state index in [4.69, 9.17) is 4.42 Å². The van der Waals surface area contributed by atoms with Crippen LogP contribution in [0.5, 0.6) is 0 Å². The molecule has 0 unspecified atom stereocenters. The molecule has 5 rings (SSSR count). The Kier molecular flexibility index (Phi) is 4.48. The minimum absolute atomic E-state index is 0.0331. The molecule has 4 aromatic rings. The molecule has 0 aliphatic carbocycles. The Morgan fingerprint density at radius 3 is 2.32 bits per heavy atom. The third kappa shape index (κ3) is 3.32. The van der Waals surface area contributed by atoms with Gasteiger partial charge in [-0.05, 0) is 47.3 Å². The number of nitrogens with one attached hydrogen (secondary N) is 2. The van der Waals surface area contributed by atoms with Gasteiger partial charge in [0.1, 0.15) is 0 Å². The van der Waals surface area contributed by atoms with Crippen LogP contribution >= 0.6 is 0 Å². The number of carbonyl (C=O) groups is 3. The number of hydrogen-bond donors (Lipinski definition) is 2. The van der Waals surface area contributed by atoms with E-state index in [1.165, 1.54) is 12.3 Å². The molecule has 1 aliphatic heterocycles. The predicted molar refractivity (Wildman–Crippen MR) is 115 cm³/mol. The van der Waals surface area contributed by atoms with Crippen LogP contribution in [0.25, 0.3) is 10.8 Å². The van der Waals surface area contributed by atoms with Gasteiger partial charge < -0.3 is 9.32 Å². The number of hydrogen-bond acceptors (Lipinski definition) is 4. The van der Waals surface area contributed by atoms with Crippen molar-refractivity contribution >= 4 is 34.2 Å². The van der Waals surface area contributed by atoms with E-state index >= 15 is 0 Å². The van der Waals surface area contributed by atoms with Gasteiger partial charge in [0.2, 0.25) is 0 Å². The summed E-state index contributed by atoms with van der Waals surface area (Å²) in [6.45, 7) is 0.393. The molecule has 1 aromatic heterocycles. The largest absolute Gasteiger partial charge is 0.459 e. The third-order valence-corrected chi connectivity index (χ3v) is 5.24. The lowest BCUT2D eigenvalue weighted by Gasteiger charge is -2.18. The van der Waals surface area contributed by atoms with Crippen molar-refractivity contribution in [1.29, 1.82) is 0 Å². The first-order valence-electron chi connectivity index (χ1n) is 9.68. The zero-order valence-electron chi connectivity index (χ0n) is 16.3. The normalized spacial score (nSPS) is 12.3. The van der Waals surface area contributed by atoms with Gasteiger partial charge in [-0.2, -0.15) is 0 Å². The first kappa shape index (κ1) is 18.6. The zero-order chi connectivity index (χ0) is 21.4. The quantitative estimate of drug-likeness (QED) is 0.501. The topological polar surface area (TPSA) is 91.7 Å². The lowest BCUT2D eigenvalue weighted by Crippen LogP contribution is -2.41. The van der Waals surface area contributed by atoms with Crippen LogP contribution in [0.3, 0.4) is 0 Å². The lowest BCUT2D eigenvalue weighted by molar-refractivity contribution is 0.0831. The maximum absolute atomic E-state index is 12.9. The molecule has 0 fully saturated rings. The first-order valence-corrected chi connectivity index (χ1v) is 9.68. The van der Waals surface area contributed by atoms with Crippen molar-refractivity contribution in [3.8, 4) is 0 Å². The number of amides is 3. The zero-order valence-corrected chi connectivity index (χ0v) is 16.3. The average molecular weight is 411 g/mol. The Bertz CT molecular complexity index is 1310. The maximum Gasteiger partial charge on any atom is 0.305 e. The third-order valence-electron chi connectivity index (χ3n) is 5.24. The SMILES string of the molecule is O=C(NNC(=O)c1ccco1)c1ccc(CN2C(=O)c3cccc4cccc2c34)cc1. The minimum Gasteiger partial charge on any atom is -0.459 e. The van der Waals surface area contributed by atoms with Crippen molar-refractivity contribution < 1.29 is 18.8 Å². The van der Waals surface area contributed by atoms with Gasteiger partial charge in [0.15, 0.2) is 5.76 Å². The van der Waals surface area contributed by atoms with Gasteiger partial charge in [-0.3, -0.25) is 25.2 Å². The standard InChI is InChI=1S/C24H17N3O4/c28-22(25-26-23(29)20-8-3-13-31-20)17-11-9-15(10-12-17)14-27-19-7-2-5-16-4-1-6-18(21(16)19)24(27)30/h1-13H,14H2,(H,25,28)(H,26,29). The van der Waals surface area contributed by atoms with E-state index in [1.54, 1.807) is 35.2 Å². The van der Waals surface area contributed by atoms with Gasteiger partial charge in [0, 0.05) is 16.5 Å². The molecular formula is C24H17N3O4. The Labute approximate surface area is 177 Å². The second kappa shape index (κ2) is 7.46. The van der Waals surface area contributed by atoms with Crippen molar-refractivity contribution in [2.24, 2.45) is 0 Å². The summed E-state index contributed by atoms with van der Waals surface area (Å²) in [5.74, 6) is -0.937. The summed E-state index contributed by atoms with van der Waals surface area (Å²) >= 11 is 0. The minimum atomic E-state index is -0.545. The number of furan rings is 1. The summed E-state index contributed by atoms with van der Waals surface area (Å²) in [5.41, 5.74) is 7.50. The molecule has 0 bridgehead atoms. The number of benzene rings is 3. The van der Waals surface area contributed by atoms with Crippen molar-refractivity contribution in [3.63, 3.8) is 0 Å². The Hall–Kier alpha value is -4.39. The molecule has 3 amide bonds. The van der Waals surface area contributed by atoms with Gasteiger partial charge in [-0.15, -0.1) is 0 Å². The highest BCUT2D eigenvalue weighted by atomic mass is 16.3. The van der Waals surface area contributed by atoms with Crippen LogP contribution in [0.1, 0.15) is 36.8 Å². The Morgan fingerprint density at radius 2 is 1.58 bits per heavy atom. The monoisotopic (exact) mass is 411 g/mol. The van der Waals surface area contributed by atoms with Crippen molar-refractivity contribution in [2.75, 3.05) is 4.90 Å². The molecule has 7 heteroatoms. The van der Waals surface area contributed by atoms with Gasteiger partial charge in [-0.25, -0.2) is 0 Å². The van der Waals surface area contributed by atoms with Crippen LogP contribution in [0.2, 0.25) is 0 Å². The fraction of sp³-hybridized carbons (Fsp3) is 0.0417. The molecule has 31 heavy (non-hydrogen) atoms. The number of carbonyl (C=O) groups excluding carboxylic acids is 3. The highest BCUT2D eigenvalue weighted by Gasteiger charge is 2.29. The van der Waals surface area contributed by atoms with E-state index in [0.29, 0.717) is 17.7 Å². The molecule has 2 heterocycles. The lowest BCUT2D eigenvalue weighted by atomic mass is 10.1. The molecule has 1 aliphatic rings. The summed E-state index contributed by atoms with van der Waals surface area (Å²) < 4.78 is 4.97. The average Bonchev–Trinajstić information content (AvgIpc) is 3.43. The maximum atomic E-state index is 12.9. The summed E-state index contributed by atoms with van der Waals surface area (Å²) in [4.78, 5) is 38.8. The molecule has 0 saturated heterocycles. The molecule has 0 radical (unpaired) electrons. The van der Waals surface area contributed by atoms with E-state index < -0.39 is 11.8 Å². The fourth-order valence-electron chi connectivity index (χ4n) is 3.74. The van der Waals surface area contributed by atoms with E-state index in [9.17, 15) is 14.4 Å². The number of nitrogens with zero attached hydrogens (tertiary/aromatic N) is 1. The van der Waals surface area contributed by atoms with Gasteiger partial charge in [-0.1, -0.05) is 36.4 Å². The first-order chi connectivity index (χ1) is 15.1. The number of anilines is 1. The molecule has 7 nitrogen and oxygen atoms in total. The highest BCUT2D eigenvalue weighted by Crippen LogP contribution is 2.37.